The smallest absolute Gasteiger partial charge is 0.326 e. The predicted molar refractivity (Wildman–Crippen MR) is 146 cm³/mol. The molecule has 1 aromatic rings. The number of aliphatic carboxylic acids is 1. The number of phenolic OH excluding ortho intramolecular Hbond substituents is 1. The molecule has 0 aliphatic heterocycles. The topological polar surface area (TPSA) is 278 Å². The lowest BCUT2D eigenvalue weighted by Gasteiger charge is -2.27. The summed E-state index contributed by atoms with van der Waals surface area (Å²) in [5, 5.41) is 26.7. The molecule has 222 valence electrons. The molecule has 0 spiro atoms. The van der Waals surface area contributed by atoms with Gasteiger partial charge in [-0.3, -0.25) is 24.2 Å². The highest BCUT2D eigenvalue weighted by molar-refractivity contribution is 5.94. The van der Waals surface area contributed by atoms with E-state index in [-0.39, 0.29) is 50.4 Å². The van der Waals surface area contributed by atoms with Gasteiger partial charge >= 0.3 is 5.97 Å². The molecule has 0 aliphatic rings. The van der Waals surface area contributed by atoms with Crippen LogP contribution in [0.15, 0.2) is 29.3 Å². The van der Waals surface area contributed by atoms with Gasteiger partial charge in [-0.05, 0) is 42.9 Å². The van der Waals surface area contributed by atoms with Gasteiger partial charge in [0, 0.05) is 19.4 Å². The third-order valence-corrected chi connectivity index (χ3v) is 5.85. The number of phenols is 1. The van der Waals surface area contributed by atoms with Gasteiger partial charge in [-0.15, -0.1) is 0 Å². The Morgan fingerprint density at radius 2 is 1.48 bits per heavy atom. The van der Waals surface area contributed by atoms with Gasteiger partial charge in [-0.2, -0.15) is 0 Å². The fraction of sp³-hybridized carbons (Fsp3) is 0.520. The van der Waals surface area contributed by atoms with E-state index in [1.54, 1.807) is 26.0 Å². The van der Waals surface area contributed by atoms with Gasteiger partial charge in [-0.1, -0.05) is 26.0 Å². The summed E-state index contributed by atoms with van der Waals surface area (Å²) in [5.41, 5.74) is 22.1. The number of hydrogen-bond donors (Lipinski definition) is 9. The standard InChI is InChI=1S/C25H40N8O7/c1-13(2)20(23(38)31-17(24(39)40)4-3-11-30-25(28)29)33-22(37)18(12-14-5-7-15(34)8-6-14)32-21(36)16(26)9-10-19(27)35/h5-8,13,16-18,20,34H,3-4,9-12,26H2,1-2H3,(H2,27,35)(H,31,38)(H,32,36)(H,33,37)(H,39,40)(H4,28,29,30). The van der Waals surface area contributed by atoms with Crippen LogP contribution in [-0.2, 0) is 30.4 Å². The van der Waals surface area contributed by atoms with Gasteiger partial charge in [0.25, 0.3) is 0 Å². The van der Waals surface area contributed by atoms with Crippen molar-refractivity contribution in [2.75, 3.05) is 6.54 Å². The number of aromatic hydroxyl groups is 1. The molecular weight excluding hydrogens is 524 g/mol. The monoisotopic (exact) mass is 564 g/mol. The number of primary amides is 1. The van der Waals surface area contributed by atoms with E-state index in [4.69, 9.17) is 22.9 Å². The largest absolute Gasteiger partial charge is 0.508 e. The van der Waals surface area contributed by atoms with E-state index < -0.39 is 59.7 Å². The zero-order valence-electron chi connectivity index (χ0n) is 22.6. The Balaban J connectivity index is 3.05. The van der Waals surface area contributed by atoms with Crippen LogP contribution in [0, 0.1) is 5.92 Å². The van der Waals surface area contributed by atoms with Crippen LogP contribution in [0.4, 0.5) is 0 Å². The van der Waals surface area contributed by atoms with Crippen molar-refractivity contribution in [2.24, 2.45) is 33.8 Å². The van der Waals surface area contributed by atoms with Crippen LogP contribution in [0.25, 0.3) is 0 Å². The van der Waals surface area contributed by atoms with Crippen molar-refractivity contribution in [2.45, 2.75) is 70.1 Å². The van der Waals surface area contributed by atoms with Crippen LogP contribution < -0.4 is 38.9 Å². The van der Waals surface area contributed by atoms with E-state index in [1.165, 1.54) is 12.1 Å². The molecule has 0 radical (unpaired) electrons. The average Bonchev–Trinajstić information content (AvgIpc) is 2.87. The molecule has 15 nitrogen and oxygen atoms in total. The minimum Gasteiger partial charge on any atom is -0.508 e. The van der Waals surface area contributed by atoms with Gasteiger partial charge in [-0.25, -0.2) is 4.79 Å². The van der Waals surface area contributed by atoms with Crippen LogP contribution in [0.1, 0.15) is 45.1 Å². The lowest BCUT2D eigenvalue weighted by Crippen LogP contribution is -2.59. The minimum atomic E-state index is -1.27. The number of nitrogens with one attached hydrogen (secondary N) is 3. The van der Waals surface area contributed by atoms with E-state index in [0.717, 1.165) is 0 Å². The number of benzene rings is 1. The highest BCUT2D eigenvalue weighted by Gasteiger charge is 2.32. The Kier molecular flexibility index (Phi) is 13.9. The van der Waals surface area contributed by atoms with Crippen molar-refractivity contribution < 1.29 is 34.2 Å². The highest BCUT2D eigenvalue weighted by Crippen LogP contribution is 2.13. The zero-order chi connectivity index (χ0) is 30.4. The third kappa shape index (κ3) is 12.4. The number of hydrogen-bond acceptors (Lipinski definition) is 8. The summed E-state index contributed by atoms with van der Waals surface area (Å²) >= 11 is 0. The maximum atomic E-state index is 13.3. The van der Waals surface area contributed by atoms with Crippen molar-refractivity contribution in [1.29, 1.82) is 0 Å². The summed E-state index contributed by atoms with van der Waals surface area (Å²) in [7, 11) is 0. The van der Waals surface area contributed by atoms with Crippen LogP contribution >= 0.6 is 0 Å². The van der Waals surface area contributed by atoms with Gasteiger partial charge in [0.05, 0.1) is 6.04 Å². The summed E-state index contributed by atoms with van der Waals surface area (Å²) < 4.78 is 0. The average molecular weight is 565 g/mol. The molecule has 40 heavy (non-hydrogen) atoms. The first-order valence-corrected chi connectivity index (χ1v) is 12.7. The summed E-state index contributed by atoms with van der Waals surface area (Å²) in [4.78, 5) is 65.6. The summed E-state index contributed by atoms with van der Waals surface area (Å²) in [5.74, 6) is -4.66. The summed E-state index contributed by atoms with van der Waals surface area (Å²) in [6.45, 7) is 3.49. The number of carboxylic acids is 1. The number of carbonyl (C=O) groups excluding carboxylic acids is 4. The lowest BCUT2D eigenvalue weighted by molar-refractivity contribution is -0.142. The quantitative estimate of drug-likeness (QED) is 0.0558. The molecule has 0 bridgehead atoms. The van der Waals surface area contributed by atoms with Crippen molar-refractivity contribution in [3.63, 3.8) is 0 Å². The third-order valence-electron chi connectivity index (χ3n) is 5.85. The second-order valence-electron chi connectivity index (χ2n) is 9.62. The second kappa shape index (κ2) is 16.5. The second-order valence-corrected chi connectivity index (χ2v) is 9.62. The molecule has 0 fully saturated rings. The Labute approximate surface area is 232 Å². The molecule has 0 saturated carbocycles. The molecular formula is C25H40N8O7. The SMILES string of the molecule is CC(C)C(NC(=O)C(Cc1ccc(O)cc1)NC(=O)C(N)CCC(N)=O)C(=O)NC(CCCN=C(N)N)C(=O)O. The lowest BCUT2D eigenvalue weighted by atomic mass is 10.00. The Morgan fingerprint density at radius 1 is 0.875 bits per heavy atom. The fourth-order valence-electron chi connectivity index (χ4n) is 3.60. The predicted octanol–water partition coefficient (Wildman–Crippen LogP) is -2.22. The van der Waals surface area contributed by atoms with E-state index in [0.29, 0.717) is 5.56 Å². The zero-order valence-corrected chi connectivity index (χ0v) is 22.6. The van der Waals surface area contributed by atoms with Gasteiger partial charge in [0.15, 0.2) is 5.96 Å². The number of amides is 4. The molecule has 0 saturated heterocycles. The first-order valence-electron chi connectivity index (χ1n) is 12.7. The number of guanidine groups is 1. The molecule has 13 N–H and O–H groups in total. The van der Waals surface area contributed by atoms with Crippen LogP contribution in [0.3, 0.4) is 0 Å². The molecule has 1 aromatic carbocycles. The van der Waals surface area contributed by atoms with Gasteiger partial charge < -0.3 is 49.1 Å². The fourth-order valence-corrected chi connectivity index (χ4v) is 3.60. The minimum absolute atomic E-state index is 0.00471. The maximum absolute atomic E-state index is 13.3. The van der Waals surface area contributed by atoms with Crippen molar-refractivity contribution in [3.8, 4) is 5.75 Å². The van der Waals surface area contributed by atoms with Gasteiger partial charge in [0.2, 0.25) is 23.6 Å². The molecule has 0 heterocycles. The number of rotatable bonds is 17. The van der Waals surface area contributed by atoms with E-state index in [1.807, 2.05) is 0 Å². The number of carbonyl (C=O) groups is 5. The molecule has 0 aliphatic carbocycles. The molecule has 4 amide bonds. The number of nitrogens with zero attached hydrogens (tertiary/aromatic N) is 1. The Hall–Kier alpha value is -4.40. The summed E-state index contributed by atoms with van der Waals surface area (Å²) in [6.07, 6.45) is 0.139. The Morgan fingerprint density at radius 3 is 2.00 bits per heavy atom. The van der Waals surface area contributed by atoms with E-state index >= 15 is 0 Å². The van der Waals surface area contributed by atoms with Crippen LogP contribution in [0.5, 0.6) is 5.75 Å². The molecule has 4 unspecified atom stereocenters. The number of aliphatic imine (C=N–C) groups is 1. The Bertz CT molecular complexity index is 1060. The summed E-state index contributed by atoms with van der Waals surface area (Å²) in [6, 6.07) is 1.22. The van der Waals surface area contributed by atoms with Gasteiger partial charge in [0.1, 0.15) is 23.9 Å². The van der Waals surface area contributed by atoms with Crippen LogP contribution in [-0.4, -0.2) is 76.5 Å². The normalized spacial score (nSPS) is 13.8. The first-order chi connectivity index (χ1) is 18.7. The van der Waals surface area contributed by atoms with Crippen molar-refractivity contribution in [3.05, 3.63) is 29.8 Å². The highest BCUT2D eigenvalue weighted by atomic mass is 16.4. The van der Waals surface area contributed by atoms with E-state index in [9.17, 15) is 34.2 Å². The van der Waals surface area contributed by atoms with Crippen molar-refractivity contribution >= 4 is 35.6 Å². The number of nitrogens with two attached hydrogens (primary N) is 4. The van der Waals surface area contributed by atoms with Crippen molar-refractivity contribution in [1.82, 2.24) is 16.0 Å². The first kappa shape index (κ1) is 33.6. The van der Waals surface area contributed by atoms with Crippen LogP contribution in [0.2, 0.25) is 0 Å². The number of carboxylic acid groups (broad SMARTS) is 1. The maximum Gasteiger partial charge on any atom is 0.326 e. The molecule has 1 rings (SSSR count). The molecule has 15 heteroatoms. The molecule has 4 atom stereocenters. The molecule has 0 aromatic heterocycles. The van der Waals surface area contributed by atoms with E-state index in [2.05, 4.69) is 20.9 Å².